The van der Waals surface area contributed by atoms with E-state index in [1.54, 1.807) is 0 Å². The third-order valence-corrected chi connectivity index (χ3v) is 3.34. The Bertz CT molecular complexity index is 390. The molecule has 21 heavy (non-hydrogen) atoms. The van der Waals surface area contributed by atoms with Gasteiger partial charge in [0.1, 0.15) is 0 Å². The van der Waals surface area contributed by atoms with Crippen LogP contribution in [0.1, 0.15) is 33.6 Å². The molecule has 0 radical (unpaired) electrons. The molecule has 0 aliphatic rings. The lowest BCUT2D eigenvalue weighted by molar-refractivity contribution is 0.295. The van der Waals surface area contributed by atoms with Crippen LogP contribution in [0.15, 0.2) is 0 Å². The first-order chi connectivity index (χ1) is 10.1. The van der Waals surface area contributed by atoms with E-state index in [-0.39, 0.29) is 18.1 Å². The first-order valence-corrected chi connectivity index (χ1v) is 7.45. The minimum absolute atomic E-state index is 0.250. The second-order valence-corrected chi connectivity index (χ2v) is 4.85. The third-order valence-electron chi connectivity index (χ3n) is 3.34. The first-order valence-electron chi connectivity index (χ1n) is 7.45. The fraction of sp³-hybridized carbons (Fsp3) is 0.786. The number of methoxy groups -OCH3 is 2. The van der Waals surface area contributed by atoms with Crippen molar-refractivity contribution in [1.82, 2.24) is 19.9 Å². The molecule has 0 saturated heterocycles. The summed E-state index contributed by atoms with van der Waals surface area (Å²) in [5, 5.41) is 3.26. The molecule has 0 amide bonds. The molecular formula is C14H27N5O2. The first kappa shape index (κ1) is 17.4. The predicted octanol–water partition coefficient (Wildman–Crippen LogP) is 1.81. The summed E-state index contributed by atoms with van der Waals surface area (Å²) in [4.78, 5) is 14.7. The van der Waals surface area contributed by atoms with Crippen LogP contribution in [0.25, 0.3) is 0 Å². The topological polar surface area (TPSA) is 72.4 Å². The molecule has 1 aromatic rings. The summed E-state index contributed by atoms with van der Waals surface area (Å²) in [6.07, 6.45) is 2.18. The van der Waals surface area contributed by atoms with Gasteiger partial charge in [-0.1, -0.05) is 13.8 Å². The highest BCUT2D eigenvalue weighted by molar-refractivity contribution is 5.28. The van der Waals surface area contributed by atoms with Crippen LogP contribution in [0.2, 0.25) is 0 Å². The lowest BCUT2D eigenvalue weighted by Gasteiger charge is -2.19. The average Bonchev–Trinajstić information content (AvgIpc) is 2.51. The zero-order valence-electron chi connectivity index (χ0n) is 13.7. The number of nitrogens with zero attached hydrogens (tertiary/aromatic N) is 4. The zero-order chi connectivity index (χ0) is 15.7. The molecule has 0 aromatic carbocycles. The molecule has 1 atom stereocenters. The summed E-state index contributed by atoms with van der Waals surface area (Å²) in [5.41, 5.74) is 0. The number of nitrogens with one attached hydrogen (secondary N) is 1. The highest BCUT2D eigenvalue weighted by Gasteiger charge is 2.10. The third kappa shape index (κ3) is 6.12. The van der Waals surface area contributed by atoms with Crippen molar-refractivity contribution < 1.29 is 9.47 Å². The van der Waals surface area contributed by atoms with Gasteiger partial charge < -0.3 is 19.7 Å². The lowest BCUT2D eigenvalue weighted by atomic mass is 10.2. The highest BCUT2D eigenvalue weighted by Crippen LogP contribution is 2.13. The molecule has 0 fully saturated rings. The summed E-state index contributed by atoms with van der Waals surface area (Å²) >= 11 is 0. The van der Waals surface area contributed by atoms with Crippen molar-refractivity contribution in [1.29, 1.82) is 0 Å². The number of hydrogen-bond acceptors (Lipinski definition) is 7. The van der Waals surface area contributed by atoms with E-state index in [1.807, 2.05) is 0 Å². The van der Waals surface area contributed by atoms with Gasteiger partial charge in [-0.05, 0) is 39.4 Å². The van der Waals surface area contributed by atoms with Crippen molar-refractivity contribution in [2.45, 2.75) is 39.7 Å². The molecule has 7 nitrogen and oxygen atoms in total. The number of aromatic nitrogens is 3. The van der Waals surface area contributed by atoms with E-state index in [1.165, 1.54) is 14.2 Å². The van der Waals surface area contributed by atoms with Crippen LogP contribution >= 0.6 is 0 Å². The zero-order valence-corrected chi connectivity index (χ0v) is 13.7. The second-order valence-electron chi connectivity index (χ2n) is 4.85. The monoisotopic (exact) mass is 297 g/mol. The number of ether oxygens (including phenoxy) is 2. The maximum Gasteiger partial charge on any atom is 0.324 e. The molecule has 1 rings (SSSR count). The van der Waals surface area contributed by atoms with Gasteiger partial charge >= 0.3 is 12.0 Å². The van der Waals surface area contributed by atoms with Gasteiger partial charge in [-0.3, -0.25) is 0 Å². The largest absolute Gasteiger partial charge is 0.467 e. The Morgan fingerprint density at radius 3 is 2.10 bits per heavy atom. The predicted molar refractivity (Wildman–Crippen MR) is 83.0 cm³/mol. The quantitative estimate of drug-likeness (QED) is 0.706. The van der Waals surface area contributed by atoms with Gasteiger partial charge in [0.25, 0.3) is 0 Å². The summed E-state index contributed by atoms with van der Waals surface area (Å²) in [6, 6.07) is 0.775. The maximum atomic E-state index is 5.03. The van der Waals surface area contributed by atoms with Crippen LogP contribution in [0.4, 0.5) is 5.95 Å². The fourth-order valence-corrected chi connectivity index (χ4v) is 2.04. The van der Waals surface area contributed by atoms with Gasteiger partial charge in [0.15, 0.2) is 0 Å². The molecular weight excluding hydrogens is 270 g/mol. The van der Waals surface area contributed by atoms with Crippen molar-refractivity contribution in [3.05, 3.63) is 0 Å². The van der Waals surface area contributed by atoms with E-state index < -0.39 is 0 Å². The number of rotatable bonds is 10. The van der Waals surface area contributed by atoms with Crippen LogP contribution in [0.3, 0.4) is 0 Å². The molecule has 0 aliphatic heterocycles. The second kappa shape index (κ2) is 9.33. The van der Waals surface area contributed by atoms with Crippen LogP contribution in [0, 0.1) is 0 Å². The van der Waals surface area contributed by atoms with Crippen LogP contribution in [0.5, 0.6) is 12.0 Å². The van der Waals surface area contributed by atoms with E-state index in [0.29, 0.717) is 5.95 Å². The Labute approximate surface area is 127 Å². The van der Waals surface area contributed by atoms with Gasteiger partial charge in [-0.15, -0.1) is 4.98 Å². The van der Waals surface area contributed by atoms with Crippen LogP contribution < -0.4 is 14.8 Å². The van der Waals surface area contributed by atoms with Crippen LogP contribution in [-0.2, 0) is 0 Å². The van der Waals surface area contributed by atoms with Gasteiger partial charge in [-0.25, -0.2) is 0 Å². The minimum atomic E-state index is 0.250. The van der Waals surface area contributed by atoms with Crippen molar-refractivity contribution in [3.8, 4) is 12.0 Å². The Kier molecular flexibility index (Phi) is 7.74. The summed E-state index contributed by atoms with van der Waals surface area (Å²) in [7, 11) is 3.04. The summed E-state index contributed by atoms with van der Waals surface area (Å²) < 4.78 is 10.1. The Balaban J connectivity index is 2.48. The van der Waals surface area contributed by atoms with Crippen molar-refractivity contribution >= 4 is 5.95 Å². The lowest BCUT2D eigenvalue weighted by Crippen LogP contribution is -2.26. The standard InChI is InChI=1S/C14H27N5O2/c1-6-19(7-2)10-8-9-11(3)15-12-16-13(20-4)18-14(17-12)21-5/h11H,6-10H2,1-5H3,(H,15,16,17,18). The molecule has 1 heterocycles. The summed E-state index contributed by atoms with van der Waals surface area (Å²) in [6.45, 7) is 9.80. The number of hydrogen-bond donors (Lipinski definition) is 1. The molecule has 1 N–H and O–H groups in total. The van der Waals surface area contributed by atoms with E-state index in [4.69, 9.17) is 9.47 Å². The normalized spacial score (nSPS) is 12.3. The van der Waals surface area contributed by atoms with E-state index in [9.17, 15) is 0 Å². The van der Waals surface area contributed by atoms with Gasteiger partial charge in [0, 0.05) is 6.04 Å². The average molecular weight is 297 g/mol. The minimum Gasteiger partial charge on any atom is -0.467 e. The number of anilines is 1. The maximum absolute atomic E-state index is 5.03. The smallest absolute Gasteiger partial charge is 0.324 e. The highest BCUT2D eigenvalue weighted by atomic mass is 16.5. The molecule has 0 aliphatic carbocycles. The van der Waals surface area contributed by atoms with Crippen molar-refractivity contribution in [2.75, 3.05) is 39.2 Å². The van der Waals surface area contributed by atoms with Gasteiger partial charge in [0.05, 0.1) is 14.2 Å². The summed E-state index contributed by atoms with van der Waals surface area (Å²) in [5.74, 6) is 0.481. The van der Waals surface area contributed by atoms with E-state index in [2.05, 4.69) is 45.9 Å². The molecule has 1 aromatic heterocycles. The van der Waals surface area contributed by atoms with Gasteiger partial charge in [-0.2, -0.15) is 9.97 Å². The fourth-order valence-electron chi connectivity index (χ4n) is 2.04. The molecule has 0 saturated carbocycles. The Morgan fingerprint density at radius 1 is 1.05 bits per heavy atom. The Morgan fingerprint density at radius 2 is 1.62 bits per heavy atom. The molecule has 0 spiro atoms. The van der Waals surface area contributed by atoms with Gasteiger partial charge in [0.2, 0.25) is 5.95 Å². The SMILES string of the molecule is CCN(CC)CCCC(C)Nc1nc(OC)nc(OC)n1. The van der Waals surface area contributed by atoms with Crippen molar-refractivity contribution in [3.63, 3.8) is 0 Å². The molecule has 0 bridgehead atoms. The van der Waals surface area contributed by atoms with Crippen LogP contribution in [-0.4, -0.2) is 59.7 Å². The molecule has 1 unspecified atom stereocenters. The van der Waals surface area contributed by atoms with E-state index >= 15 is 0 Å². The Hall–Kier alpha value is -1.63. The molecule has 120 valence electrons. The molecule has 7 heteroatoms. The van der Waals surface area contributed by atoms with E-state index in [0.717, 1.165) is 32.5 Å². The van der Waals surface area contributed by atoms with Crippen molar-refractivity contribution in [2.24, 2.45) is 0 Å².